The lowest BCUT2D eigenvalue weighted by molar-refractivity contribution is 0.948. The number of hydrogen-bond acceptors (Lipinski definition) is 5. The van der Waals surface area contributed by atoms with Crippen molar-refractivity contribution in [1.82, 2.24) is 9.97 Å². The third-order valence-corrected chi connectivity index (χ3v) is 5.00. The molecule has 0 aliphatic heterocycles. The molecule has 84 valence electrons. The van der Waals surface area contributed by atoms with Crippen LogP contribution in [0.3, 0.4) is 0 Å². The Balaban J connectivity index is 2.12. The van der Waals surface area contributed by atoms with E-state index in [0.717, 1.165) is 8.81 Å². The topological polar surface area (TPSA) is 51.8 Å². The molecule has 6 heteroatoms. The summed E-state index contributed by atoms with van der Waals surface area (Å²) in [6.45, 7) is 0.591. The first-order chi connectivity index (χ1) is 7.79. The van der Waals surface area contributed by atoms with Gasteiger partial charge in [0.2, 0.25) is 0 Å². The van der Waals surface area contributed by atoms with Crippen molar-refractivity contribution in [2.24, 2.45) is 5.73 Å². The van der Waals surface area contributed by atoms with Crippen LogP contribution in [0.15, 0.2) is 39.5 Å². The maximum absolute atomic E-state index is 5.78. The second kappa shape index (κ2) is 5.77. The van der Waals surface area contributed by atoms with Crippen LogP contribution in [0.4, 0.5) is 0 Å². The van der Waals surface area contributed by atoms with Crippen LogP contribution >= 0.6 is 39.0 Å². The van der Waals surface area contributed by atoms with E-state index in [4.69, 9.17) is 5.73 Å². The quantitative estimate of drug-likeness (QED) is 0.881. The second-order valence-electron chi connectivity index (χ2n) is 3.03. The van der Waals surface area contributed by atoms with Crippen LogP contribution in [0.1, 0.15) is 10.1 Å². The lowest BCUT2D eigenvalue weighted by Gasteiger charge is -2.10. The fourth-order valence-electron chi connectivity index (χ4n) is 1.22. The molecule has 2 heterocycles. The van der Waals surface area contributed by atoms with Crippen LogP contribution in [-0.2, 0) is 0 Å². The molecule has 3 nitrogen and oxygen atoms in total. The Labute approximate surface area is 111 Å². The van der Waals surface area contributed by atoms with Gasteiger partial charge < -0.3 is 5.73 Å². The molecule has 1 unspecified atom stereocenters. The zero-order valence-corrected chi connectivity index (χ0v) is 11.6. The SMILES string of the molecule is NCC(Sc1cnccn1)c1ccc(Br)s1. The molecule has 16 heavy (non-hydrogen) atoms. The maximum Gasteiger partial charge on any atom is 0.115 e. The van der Waals surface area contributed by atoms with Crippen molar-refractivity contribution in [3.05, 3.63) is 39.4 Å². The van der Waals surface area contributed by atoms with E-state index in [-0.39, 0.29) is 5.25 Å². The van der Waals surface area contributed by atoms with E-state index < -0.39 is 0 Å². The van der Waals surface area contributed by atoms with E-state index >= 15 is 0 Å². The minimum absolute atomic E-state index is 0.244. The molecule has 0 aromatic carbocycles. The molecular weight excluding hydrogens is 306 g/mol. The largest absolute Gasteiger partial charge is 0.329 e. The van der Waals surface area contributed by atoms with Crippen molar-refractivity contribution >= 4 is 39.0 Å². The molecule has 0 saturated heterocycles. The molecule has 0 amide bonds. The minimum Gasteiger partial charge on any atom is -0.329 e. The Hall–Kier alpha value is -0.430. The number of thioether (sulfide) groups is 1. The molecule has 0 fully saturated rings. The first kappa shape index (κ1) is 12.0. The van der Waals surface area contributed by atoms with Crippen LogP contribution in [0.2, 0.25) is 0 Å². The Morgan fingerprint density at radius 1 is 1.44 bits per heavy atom. The average molecular weight is 316 g/mol. The number of thiophene rings is 1. The zero-order chi connectivity index (χ0) is 11.4. The molecule has 1 atom stereocenters. The van der Waals surface area contributed by atoms with Crippen LogP contribution in [0.25, 0.3) is 0 Å². The van der Waals surface area contributed by atoms with Crippen molar-refractivity contribution in [3.63, 3.8) is 0 Å². The van der Waals surface area contributed by atoms with Gasteiger partial charge in [0.05, 0.1) is 15.2 Å². The number of hydrogen-bond donors (Lipinski definition) is 1. The number of halogens is 1. The van der Waals surface area contributed by atoms with E-state index in [1.807, 2.05) is 6.07 Å². The molecule has 2 rings (SSSR count). The lowest BCUT2D eigenvalue weighted by atomic mass is 10.3. The summed E-state index contributed by atoms with van der Waals surface area (Å²) in [7, 11) is 0. The summed E-state index contributed by atoms with van der Waals surface area (Å²) in [5.74, 6) is 0. The maximum atomic E-state index is 5.78. The second-order valence-corrected chi connectivity index (χ2v) is 6.75. The van der Waals surface area contributed by atoms with Crippen LogP contribution in [-0.4, -0.2) is 16.5 Å². The van der Waals surface area contributed by atoms with Gasteiger partial charge in [-0.2, -0.15) is 0 Å². The van der Waals surface area contributed by atoms with Gasteiger partial charge in [0.1, 0.15) is 5.03 Å². The van der Waals surface area contributed by atoms with Crippen molar-refractivity contribution in [2.75, 3.05) is 6.54 Å². The van der Waals surface area contributed by atoms with Crippen molar-refractivity contribution < 1.29 is 0 Å². The Bertz CT molecular complexity index is 446. The van der Waals surface area contributed by atoms with Gasteiger partial charge >= 0.3 is 0 Å². The van der Waals surface area contributed by atoms with Crippen molar-refractivity contribution in [3.8, 4) is 0 Å². The zero-order valence-electron chi connectivity index (χ0n) is 8.34. The monoisotopic (exact) mass is 315 g/mol. The molecule has 0 bridgehead atoms. The molecule has 0 radical (unpaired) electrons. The Kier molecular flexibility index (Phi) is 4.34. The fraction of sp³-hybridized carbons (Fsp3) is 0.200. The average Bonchev–Trinajstić information content (AvgIpc) is 2.74. The summed E-state index contributed by atoms with van der Waals surface area (Å²) < 4.78 is 1.13. The standard InChI is InChI=1S/C10H10BrN3S2/c11-9-2-1-7(15-9)8(5-12)16-10-6-13-3-4-14-10/h1-4,6,8H,5,12H2. The highest BCUT2D eigenvalue weighted by molar-refractivity contribution is 9.11. The number of rotatable bonds is 4. The van der Waals surface area contributed by atoms with Gasteiger partial charge in [-0.1, -0.05) is 11.8 Å². The van der Waals surface area contributed by atoms with Crippen LogP contribution < -0.4 is 5.73 Å². The molecule has 0 aliphatic carbocycles. The third-order valence-electron chi connectivity index (χ3n) is 1.93. The first-order valence-corrected chi connectivity index (χ1v) is 7.16. The molecule has 2 aromatic heterocycles. The van der Waals surface area contributed by atoms with E-state index in [9.17, 15) is 0 Å². The first-order valence-electron chi connectivity index (χ1n) is 4.67. The summed E-state index contributed by atoms with van der Waals surface area (Å²) in [5, 5.41) is 1.15. The van der Waals surface area contributed by atoms with E-state index in [1.165, 1.54) is 4.88 Å². The normalized spacial score (nSPS) is 12.6. The highest BCUT2D eigenvalue weighted by Gasteiger charge is 2.14. The van der Waals surface area contributed by atoms with Gasteiger partial charge in [0.15, 0.2) is 0 Å². The molecule has 2 N–H and O–H groups in total. The van der Waals surface area contributed by atoms with Crippen LogP contribution in [0.5, 0.6) is 0 Å². The summed E-state index contributed by atoms with van der Waals surface area (Å²) in [5.41, 5.74) is 5.78. The molecule has 0 saturated carbocycles. The van der Waals surface area contributed by atoms with Gasteiger partial charge in [-0.3, -0.25) is 4.98 Å². The van der Waals surface area contributed by atoms with E-state index in [2.05, 4.69) is 32.0 Å². The van der Waals surface area contributed by atoms with E-state index in [0.29, 0.717) is 6.54 Å². The van der Waals surface area contributed by atoms with Crippen LogP contribution in [0, 0.1) is 0 Å². The van der Waals surface area contributed by atoms with Crippen molar-refractivity contribution in [1.29, 1.82) is 0 Å². The molecule has 0 aliphatic rings. The Morgan fingerprint density at radius 2 is 2.31 bits per heavy atom. The minimum atomic E-state index is 0.244. The predicted octanol–water partition coefficient (Wildman–Crippen LogP) is 3.09. The molecule has 2 aromatic rings. The summed E-state index contributed by atoms with van der Waals surface area (Å²) in [6, 6.07) is 4.13. The van der Waals surface area contributed by atoms with Gasteiger partial charge in [0, 0.05) is 23.8 Å². The highest BCUT2D eigenvalue weighted by Crippen LogP contribution is 2.37. The molecule has 0 spiro atoms. The number of aromatic nitrogens is 2. The van der Waals surface area contributed by atoms with Crippen molar-refractivity contribution in [2.45, 2.75) is 10.3 Å². The summed E-state index contributed by atoms with van der Waals surface area (Å²) in [6.07, 6.45) is 5.12. The fourth-order valence-corrected chi connectivity index (χ4v) is 3.75. The van der Waals surface area contributed by atoms with E-state index in [1.54, 1.807) is 41.7 Å². The predicted molar refractivity (Wildman–Crippen MR) is 71.7 cm³/mol. The summed E-state index contributed by atoms with van der Waals surface area (Å²) >= 11 is 6.81. The third kappa shape index (κ3) is 3.04. The van der Waals surface area contributed by atoms with Gasteiger partial charge in [-0.15, -0.1) is 11.3 Å². The smallest absolute Gasteiger partial charge is 0.115 e. The lowest BCUT2D eigenvalue weighted by Crippen LogP contribution is -2.08. The number of nitrogens with two attached hydrogens (primary N) is 1. The molecular formula is C10H10BrN3S2. The highest BCUT2D eigenvalue weighted by atomic mass is 79.9. The summed E-state index contributed by atoms with van der Waals surface area (Å²) in [4.78, 5) is 9.53. The van der Waals surface area contributed by atoms with Gasteiger partial charge in [-0.25, -0.2) is 4.98 Å². The Morgan fingerprint density at radius 3 is 2.88 bits per heavy atom. The number of nitrogens with zero attached hydrogens (tertiary/aromatic N) is 2. The van der Waals surface area contributed by atoms with Gasteiger partial charge in [0.25, 0.3) is 0 Å². The van der Waals surface area contributed by atoms with Gasteiger partial charge in [-0.05, 0) is 28.1 Å².